The molecule has 0 radical (unpaired) electrons. The van der Waals surface area contributed by atoms with Gasteiger partial charge in [0.1, 0.15) is 11.9 Å². The van der Waals surface area contributed by atoms with Crippen LogP contribution in [0.25, 0.3) is 0 Å². The summed E-state index contributed by atoms with van der Waals surface area (Å²) >= 11 is 3.16. The van der Waals surface area contributed by atoms with Crippen LogP contribution in [0.4, 0.5) is 4.79 Å². The highest BCUT2D eigenvalue weighted by molar-refractivity contribution is 8.13. The van der Waals surface area contributed by atoms with Crippen LogP contribution in [0.15, 0.2) is 29.2 Å². The highest BCUT2D eigenvalue weighted by atomic mass is 32.2. The zero-order valence-corrected chi connectivity index (χ0v) is 14.9. The van der Waals surface area contributed by atoms with Gasteiger partial charge in [-0.1, -0.05) is 32.5 Å². The fraction of sp³-hybridized carbons (Fsp3) is 0.562. The molecule has 1 amide bonds. The molecule has 2 unspecified atom stereocenters. The Balaban J connectivity index is 2.39. The number of ether oxygens (including phenoxy) is 1. The van der Waals surface area contributed by atoms with Gasteiger partial charge < -0.3 is 10.1 Å². The summed E-state index contributed by atoms with van der Waals surface area (Å²) in [5.41, 5.74) is 0. The molecule has 1 rings (SSSR count). The average molecular weight is 328 g/mol. The Morgan fingerprint density at radius 2 is 1.90 bits per heavy atom. The number of hydrogen-bond acceptors (Lipinski definition) is 4. The third kappa shape index (κ3) is 7.67. The number of amides is 1. The minimum absolute atomic E-state index is 0.00764. The topological polar surface area (TPSA) is 38.3 Å². The predicted octanol–water partition coefficient (Wildman–Crippen LogP) is 4.81. The van der Waals surface area contributed by atoms with E-state index in [0.717, 1.165) is 17.9 Å². The van der Waals surface area contributed by atoms with Crippen molar-refractivity contribution in [3.63, 3.8) is 0 Å². The third-order valence-corrected chi connectivity index (χ3v) is 4.86. The highest BCUT2D eigenvalue weighted by Gasteiger charge is 2.07. The van der Waals surface area contributed by atoms with E-state index < -0.39 is 0 Å². The number of hydrogen-bond donors (Lipinski definition) is 1. The van der Waals surface area contributed by atoms with Crippen molar-refractivity contribution < 1.29 is 9.53 Å². The normalized spacial score (nSPS) is 13.5. The van der Waals surface area contributed by atoms with Crippen molar-refractivity contribution in [3.8, 4) is 5.75 Å². The van der Waals surface area contributed by atoms with Crippen LogP contribution in [0.1, 0.15) is 34.1 Å². The van der Waals surface area contributed by atoms with Gasteiger partial charge in [-0.05, 0) is 43.4 Å². The summed E-state index contributed by atoms with van der Waals surface area (Å²) in [5.74, 6) is 1.63. The molecule has 1 N–H and O–H groups in total. The maximum absolute atomic E-state index is 11.4. The molecule has 1 aromatic carbocycles. The van der Waals surface area contributed by atoms with Crippen LogP contribution < -0.4 is 10.1 Å². The molecule has 21 heavy (non-hydrogen) atoms. The molecule has 0 aliphatic carbocycles. The van der Waals surface area contributed by atoms with Crippen molar-refractivity contribution in [2.75, 3.05) is 12.3 Å². The van der Waals surface area contributed by atoms with E-state index in [4.69, 9.17) is 4.74 Å². The first kappa shape index (κ1) is 18.2. The van der Waals surface area contributed by atoms with Gasteiger partial charge in [-0.25, -0.2) is 0 Å². The highest BCUT2D eigenvalue weighted by Crippen LogP contribution is 2.26. The Morgan fingerprint density at radius 1 is 1.24 bits per heavy atom. The summed E-state index contributed by atoms with van der Waals surface area (Å²) in [6, 6.07) is 8.16. The lowest BCUT2D eigenvalue weighted by atomic mass is 10.3. The molecule has 5 heteroatoms. The molecule has 0 aromatic heterocycles. The van der Waals surface area contributed by atoms with Gasteiger partial charge in [0.15, 0.2) is 0 Å². The average Bonchev–Trinajstić information content (AvgIpc) is 2.47. The number of carbonyl (C=O) groups excluding carboxylic acids is 1. The molecule has 0 fully saturated rings. The van der Waals surface area contributed by atoms with Crippen molar-refractivity contribution in [2.45, 2.75) is 50.4 Å². The fourth-order valence-electron chi connectivity index (χ4n) is 1.60. The number of thioether (sulfide) groups is 2. The number of nitrogens with one attached hydrogen (secondary N) is 1. The monoisotopic (exact) mass is 327 g/mol. The quantitative estimate of drug-likeness (QED) is 0.696. The van der Waals surface area contributed by atoms with Crippen molar-refractivity contribution in [1.82, 2.24) is 5.32 Å². The van der Waals surface area contributed by atoms with Crippen LogP contribution in [0, 0.1) is 0 Å². The van der Waals surface area contributed by atoms with Gasteiger partial charge >= 0.3 is 0 Å². The van der Waals surface area contributed by atoms with Crippen LogP contribution in [0.5, 0.6) is 5.75 Å². The zero-order valence-electron chi connectivity index (χ0n) is 13.2. The van der Waals surface area contributed by atoms with E-state index >= 15 is 0 Å². The number of carbonyl (C=O) groups is 1. The largest absolute Gasteiger partial charge is 0.489 e. The second-order valence-corrected chi connectivity index (χ2v) is 7.59. The van der Waals surface area contributed by atoms with E-state index in [0.29, 0.717) is 11.8 Å². The smallest absolute Gasteiger partial charge is 0.279 e. The van der Waals surface area contributed by atoms with Crippen molar-refractivity contribution in [3.05, 3.63) is 24.3 Å². The van der Waals surface area contributed by atoms with E-state index in [1.165, 1.54) is 16.7 Å². The summed E-state index contributed by atoms with van der Waals surface area (Å²) in [7, 11) is 0. The zero-order chi connectivity index (χ0) is 15.7. The Hall–Kier alpha value is -0.810. The molecular weight excluding hydrogens is 302 g/mol. The minimum Gasteiger partial charge on any atom is -0.489 e. The molecule has 0 bridgehead atoms. The van der Waals surface area contributed by atoms with Crippen LogP contribution >= 0.6 is 23.5 Å². The van der Waals surface area contributed by atoms with Crippen LogP contribution in [0.2, 0.25) is 0 Å². The first-order valence-electron chi connectivity index (χ1n) is 7.39. The van der Waals surface area contributed by atoms with Gasteiger partial charge in [0, 0.05) is 10.1 Å². The van der Waals surface area contributed by atoms with E-state index in [1.807, 2.05) is 37.7 Å². The van der Waals surface area contributed by atoms with Gasteiger partial charge in [-0.3, -0.25) is 4.79 Å². The van der Waals surface area contributed by atoms with Gasteiger partial charge in [0.2, 0.25) is 0 Å². The van der Waals surface area contributed by atoms with Crippen molar-refractivity contribution >= 4 is 28.8 Å². The van der Waals surface area contributed by atoms with E-state index in [1.54, 1.807) is 0 Å². The molecule has 0 spiro atoms. The molecule has 2 atom stereocenters. The SMILES string of the molecule is CCSC(=O)NCC(C)Oc1ccc(SC(C)CC)cc1. The molecule has 3 nitrogen and oxygen atoms in total. The molecule has 1 aromatic rings. The van der Waals surface area contributed by atoms with Gasteiger partial charge in [-0.15, -0.1) is 11.8 Å². The second kappa shape index (κ2) is 10.0. The Kier molecular flexibility index (Phi) is 8.69. The summed E-state index contributed by atoms with van der Waals surface area (Å²) in [6.07, 6.45) is 1.12. The fourth-order valence-corrected chi connectivity index (χ4v) is 2.97. The number of rotatable bonds is 8. The molecular formula is C16H25NO2S2. The van der Waals surface area contributed by atoms with Gasteiger partial charge in [0.25, 0.3) is 5.24 Å². The number of benzene rings is 1. The summed E-state index contributed by atoms with van der Waals surface area (Å²) in [6.45, 7) is 8.87. The Labute approximate surface area is 136 Å². The maximum Gasteiger partial charge on any atom is 0.279 e. The first-order valence-corrected chi connectivity index (χ1v) is 9.25. The Morgan fingerprint density at radius 3 is 2.48 bits per heavy atom. The maximum atomic E-state index is 11.4. The van der Waals surface area contributed by atoms with Crippen LogP contribution in [-0.2, 0) is 0 Å². The Bertz CT molecular complexity index is 423. The van der Waals surface area contributed by atoms with Gasteiger partial charge in [-0.2, -0.15) is 0 Å². The van der Waals surface area contributed by atoms with Crippen molar-refractivity contribution in [2.24, 2.45) is 0 Å². The minimum atomic E-state index is -0.0422. The molecule has 118 valence electrons. The van der Waals surface area contributed by atoms with Crippen LogP contribution in [-0.4, -0.2) is 28.9 Å². The van der Waals surface area contributed by atoms with Crippen LogP contribution in [0.3, 0.4) is 0 Å². The van der Waals surface area contributed by atoms with E-state index in [-0.39, 0.29) is 11.3 Å². The summed E-state index contributed by atoms with van der Waals surface area (Å²) in [5, 5.41) is 3.48. The van der Waals surface area contributed by atoms with E-state index in [9.17, 15) is 4.79 Å². The molecule has 0 aliphatic rings. The molecule has 0 aliphatic heterocycles. The summed E-state index contributed by atoms with van der Waals surface area (Å²) in [4.78, 5) is 12.6. The standard InChI is InChI=1S/C16H25NO2S2/c1-5-13(4)21-15-9-7-14(8-10-15)19-12(3)11-17-16(18)20-6-2/h7-10,12-13H,5-6,11H2,1-4H3,(H,17,18). The predicted molar refractivity (Wildman–Crippen MR) is 93.7 cm³/mol. The lowest BCUT2D eigenvalue weighted by molar-refractivity contribution is 0.215. The van der Waals surface area contributed by atoms with Crippen molar-refractivity contribution in [1.29, 1.82) is 0 Å². The lowest BCUT2D eigenvalue weighted by Crippen LogP contribution is -2.31. The molecule has 0 saturated carbocycles. The molecule has 0 heterocycles. The lowest BCUT2D eigenvalue weighted by Gasteiger charge is -2.16. The van der Waals surface area contributed by atoms with E-state index in [2.05, 4.69) is 31.3 Å². The first-order chi connectivity index (χ1) is 10.0. The van der Waals surface area contributed by atoms with Gasteiger partial charge in [0.05, 0.1) is 6.54 Å². The second-order valence-electron chi connectivity index (χ2n) is 4.84. The summed E-state index contributed by atoms with van der Waals surface area (Å²) < 4.78 is 5.80. The third-order valence-electron chi connectivity index (χ3n) is 2.88. The molecule has 0 saturated heterocycles.